The van der Waals surface area contributed by atoms with Gasteiger partial charge in [-0.3, -0.25) is 14.4 Å². The third kappa shape index (κ3) is 2.58. The molecule has 5 nitrogen and oxygen atoms in total. The van der Waals surface area contributed by atoms with Crippen LogP contribution in [-0.4, -0.2) is 17.7 Å². The number of rotatable bonds is 0. The molecule has 60 valence electrons. The van der Waals surface area contributed by atoms with Crippen molar-refractivity contribution in [1.29, 1.82) is 0 Å². The molecule has 0 amide bonds. The maximum Gasteiger partial charge on any atom is 0.328 e. The zero-order chi connectivity index (χ0) is 8.27. The molecular formula is C5H4O5S. The Labute approximate surface area is 66.4 Å². The van der Waals surface area contributed by atoms with Gasteiger partial charge in [0.2, 0.25) is 0 Å². The van der Waals surface area contributed by atoms with Crippen LogP contribution >= 0.6 is 12.3 Å². The first-order valence-corrected chi connectivity index (χ1v) is 3.43. The van der Waals surface area contributed by atoms with E-state index in [-0.39, 0.29) is 12.8 Å². The summed E-state index contributed by atoms with van der Waals surface area (Å²) in [5, 5.41) is 0. The molecule has 0 aromatic carbocycles. The third-order valence-electron chi connectivity index (χ3n) is 0.937. The summed E-state index contributed by atoms with van der Waals surface area (Å²) in [4.78, 5) is 31.6. The summed E-state index contributed by atoms with van der Waals surface area (Å²) in [6.07, 6.45) is -0.718. The summed E-state index contributed by atoms with van der Waals surface area (Å²) < 4.78 is 8.48. The smallest absolute Gasteiger partial charge is 0.328 e. The quantitative estimate of drug-likeness (QED) is 0.382. The van der Waals surface area contributed by atoms with Gasteiger partial charge >= 0.3 is 11.9 Å². The molecular weight excluding hydrogens is 172 g/mol. The Morgan fingerprint density at radius 1 is 1.00 bits per heavy atom. The average molecular weight is 176 g/mol. The van der Waals surface area contributed by atoms with Crippen LogP contribution in [0, 0.1) is 0 Å². The van der Waals surface area contributed by atoms with Gasteiger partial charge in [-0.1, -0.05) is 0 Å². The van der Waals surface area contributed by atoms with E-state index in [0.717, 1.165) is 0 Å². The third-order valence-corrected chi connectivity index (χ3v) is 1.44. The van der Waals surface area contributed by atoms with Gasteiger partial charge in [0, 0.05) is 0 Å². The molecule has 1 aliphatic rings. The van der Waals surface area contributed by atoms with Crippen LogP contribution in [0.1, 0.15) is 12.8 Å². The Morgan fingerprint density at radius 3 is 1.91 bits per heavy atom. The SMILES string of the molecule is O=C1CC(=O)OSOC(=O)C1. The second-order valence-electron chi connectivity index (χ2n) is 1.87. The highest BCUT2D eigenvalue weighted by molar-refractivity contribution is 7.90. The van der Waals surface area contributed by atoms with Gasteiger partial charge in [-0.05, 0) is 0 Å². The first-order chi connectivity index (χ1) is 5.18. The van der Waals surface area contributed by atoms with E-state index in [9.17, 15) is 14.4 Å². The van der Waals surface area contributed by atoms with Crippen LogP contribution in [0.25, 0.3) is 0 Å². The lowest BCUT2D eigenvalue weighted by Crippen LogP contribution is -2.16. The lowest BCUT2D eigenvalue weighted by Gasteiger charge is -2.04. The maximum atomic E-state index is 10.6. The van der Waals surface area contributed by atoms with E-state index in [0.29, 0.717) is 12.3 Å². The molecule has 0 atom stereocenters. The monoisotopic (exact) mass is 176 g/mol. The fraction of sp³-hybridized carbons (Fsp3) is 0.400. The van der Waals surface area contributed by atoms with Crippen molar-refractivity contribution < 1.29 is 22.7 Å². The molecule has 6 heteroatoms. The van der Waals surface area contributed by atoms with Crippen molar-refractivity contribution in [2.45, 2.75) is 12.8 Å². The van der Waals surface area contributed by atoms with Gasteiger partial charge in [-0.25, -0.2) is 0 Å². The highest BCUT2D eigenvalue weighted by atomic mass is 32.2. The molecule has 0 aromatic rings. The van der Waals surface area contributed by atoms with Crippen LogP contribution in [0.4, 0.5) is 0 Å². The lowest BCUT2D eigenvalue weighted by molar-refractivity contribution is -0.143. The van der Waals surface area contributed by atoms with Crippen LogP contribution in [0.3, 0.4) is 0 Å². The summed E-state index contributed by atoms with van der Waals surface area (Å²) in [6, 6.07) is 0. The molecule has 0 spiro atoms. The second kappa shape index (κ2) is 3.38. The summed E-state index contributed by atoms with van der Waals surface area (Å²) in [5.41, 5.74) is 0. The number of ketones is 1. The van der Waals surface area contributed by atoms with Gasteiger partial charge in [0.15, 0.2) is 5.78 Å². The molecule has 1 rings (SSSR count). The molecule has 0 bridgehead atoms. The van der Waals surface area contributed by atoms with Crippen molar-refractivity contribution in [2.75, 3.05) is 0 Å². The van der Waals surface area contributed by atoms with Crippen molar-refractivity contribution >= 4 is 30.0 Å². The van der Waals surface area contributed by atoms with Crippen molar-refractivity contribution in [3.05, 3.63) is 0 Å². The van der Waals surface area contributed by atoms with E-state index in [1.54, 1.807) is 0 Å². The average Bonchev–Trinajstić information content (AvgIpc) is 1.83. The Hall–Kier alpha value is -1.04. The van der Waals surface area contributed by atoms with E-state index >= 15 is 0 Å². The summed E-state index contributed by atoms with van der Waals surface area (Å²) >= 11 is 0.296. The van der Waals surface area contributed by atoms with Gasteiger partial charge in [0.05, 0.1) is 0 Å². The first-order valence-electron chi connectivity index (χ1n) is 2.77. The van der Waals surface area contributed by atoms with E-state index < -0.39 is 17.7 Å². The molecule has 1 saturated heterocycles. The molecule has 0 unspecified atom stereocenters. The summed E-state index contributed by atoms with van der Waals surface area (Å²) in [5.74, 6) is -1.86. The predicted octanol–water partition coefficient (Wildman–Crippen LogP) is -0.00110. The van der Waals surface area contributed by atoms with E-state index in [1.807, 2.05) is 0 Å². The molecule has 0 aliphatic carbocycles. The summed E-state index contributed by atoms with van der Waals surface area (Å²) in [6.45, 7) is 0. The Kier molecular flexibility index (Phi) is 2.48. The van der Waals surface area contributed by atoms with Crippen molar-refractivity contribution in [3.63, 3.8) is 0 Å². The zero-order valence-electron chi connectivity index (χ0n) is 5.36. The minimum atomic E-state index is -0.688. The standard InChI is InChI=1S/C5H4O5S/c6-3-1-4(7)9-11-10-5(8)2-3/h1-2H2. The minimum Gasteiger partial charge on any atom is -0.354 e. The molecule has 0 saturated carbocycles. The Balaban J connectivity index is 2.54. The highest BCUT2D eigenvalue weighted by Crippen LogP contribution is 2.12. The van der Waals surface area contributed by atoms with Crippen molar-refractivity contribution in [1.82, 2.24) is 0 Å². The summed E-state index contributed by atoms with van der Waals surface area (Å²) in [7, 11) is 0. The number of hydrogen-bond donors (Lipinski definition) is 0. The largest absolute Gasteiger partial charge is 0.354 e. The maximum absolute atomic E-state index is 10.6. The molecule has 1 heterocycles. The molecule has 0 N–H and O–H groups in total. The fourth-order valence-corrected chi connectivity index (χ4v) is 0.840. The number of Topliss-reactive ketones (excluding diaryl/α,β-unsaturated/α-hetero) is 1. The Bertz CT molecular complexity index is 191. The van der Waals surface area contributed by atoms with Crippen LogP contribution in [0.15, 0.2) is 0 Å². The highest BCUT2D eigenvalue weighted by Gasteiger charge is 2.20. The van der Waals surface area contributed by atoms with E-state index in [2.05, 4.69) is 8.37 Å². The molecule has 1 fully saturated rings. The zero-order valence-corrected chi connectivity index (χ0v) is 6.18. The molecule has 0 aromatic heterocycles. The topological polar surface area (TPSA) is 69.7 Å². The normalized spacial score (nSPS) is 19.8. The van der Waals surface area contributed by atoms with Crippen molar-refractivity contribution in [3.8, 4) is 0 Å². The molecule has 0 radical (unpaired) electrons. The minimum absolute atomic E-state index is 0.296. The lowest BCUT2D eigenvalue weighted by atomic mass is 10.2. The van der Waals surface area contributed by atoms with E-state index in [4.69, 9.17) is 0 Å². The van der Waals surface area contributed by atoms with Gasteiger partial charge < -0.3 is 8.37 Å². The number of carbonyl (C=O) groups excluding carboxylic acids is 3. The van der Waals surface area contributed by atoms with Gasteiger partial charge in [-0.2, -0.15) is 0 Å². The van der Waals surface area contributed by atoms with Crippen molar-refractivity contribution in [2.24, 2.45) is 0 Å². The second-order valence-corrected chi connectivity index (χ2v) is 2.34. The predicted molar refractivity (Wildman–Crippen MR) is 34.0 cm³/mol. The van der Waals surface area contributed by atoms with Crippen LogP contribution in [0.2, 0.25) is 0 Å². The van der Waals surface area contributed by atoms with Crippen LogP contribution in [0.5, 0.6) is 0 Å². The van der Waals surface area contributed by atoms with Gasteiger partial charge in [-0.15, -0.1) is 0 Å². The van der Waals surface area contributed by atoms with Gasteiger partial charge in [0.25, 0.3) is 12.3 Å². The molecule has 1 aliphatic heterocycles. The fourth-order valence-electron chi connectivity index (χ4n) is 0.536. The molecule has 11 heavy (non-hydrogen) atoms. The number of hydrogen-bond acceptors (Lipinski definition) is 6. The number of carbonyl (C=O) groups is 3. The Morgan fingerprint density at radius 2 is 1.45 bits per heavy atom. The van der Waals surface area contributed by atoms with Crippen LogP contribution < -0.4 is 0 Å². The van der Waals surface area contributed by atoms with Crippen LogP contribution in [-0.2, 0) is 22.7 Å². The first kappa shape index (κ1) is 8.06. The van der Waals surface area contributed by atoms with E-state index in [1.165, 1.54) is 0 Å². The van der Waals surface area contributed by atoms with Gasteiger partial charge in [0.1, 0.15) is 12.8 Å².